The van der Waals surface area contributed by atoms with Crippen molar-refractivity contribution in [3.8, 4) is 0 Å². The average Bonchev–Trinajstić information content (AvgIpc) is 3.00. The minimum absolute atomic E-state index is 0. The van der Waals surface area contributed by atoms with Crippen molar-refractivity contribution >= 4 is 29.9 Å². The van der Waals surface area contributed by atoms with Crippen LogP contribution in [0.15, 0.2) is 23.5 Å². The molecular formula is C16H32IN5. The van der Waals surface area contributed by atoms with Crippen LogP contribution in [0.3, 0.4) is 0 Å². The van der Waals surface area contributed by atoms with E-state index >= 15 is 0 Å². The number of aliphatic imine (C=N–C) groups is 1. The third-order valence-corrected chi connectivity index (χ3v) is 3.51. The molecule has 2 N–H and O–H groups in total. The van der Waals surface area contributed by atoms with E-state index in [9.17, 15) is 0 Å². The number of hydrogen-bond acceptors (Lipinski definition) is 2. The maximum atomic E-state index is 4.28. The molecule has 22 heavy (non-hydrogen) atoms. The number of aryl methyl sites for hydroxylation is 1. The Balaban J connectivity index is 0.00000441. The largest absolute Gasteiger partial charge is 0.356 e. The molecular weight excluding hydrogens is 389 g/mol. The molecule has 0 bridgehead atoms. The van der Waals surface area contributed by atoms with Gasteiger partial charge in [0.2, 0.25) is 0 Å². The average molecular weight is 421 g/mol. The second-order valence-electron chi connectivity index (χ2n) is 5.52. The van der Waals surface area contributed by atoms with Crippen molar-refractivity contribution < 1.29 is 0 Å². The molecule has 1 aromatic heterocycles. The molecule has 0 aliphatic rings. The van der Waals surface area contributed by atoms with Crippen LogP contribution in [-0.2, 0) is 6.54 Å². The summed E-state index contributed by atoms with van der Waals surface area (Å²) in [5, 5.41) is 11.0. The first-order chi connectivity index (χ1) is 10.3. The highest BCUT2D eigenvalue weighted by Gasteiger charge is 2.04. The van der Waals surface area contributed by atoms with Gasteiger partial charge in [-0.25, -0.2) is 0 Å². The second kappa shape index (κ2) is 13.8. The summed E-state index contributed by atoms with van der Waals surface area (Å²) in [6, 6.07) is 2.42. The number of halogens is 1. The number of aromatic nitrogens is 2. The van der Waals surface area contributed by atoms with Crippen molar-refractivity contribution in [1.29, 1.82) is 0 Å². The highest BCUT2D eigenvalue weighted by atomic mass is 127. The molecule has 0 saturated carbocycles. The smallest absolute Gasteiger partial charge is 0.191 e. The van der Waals surface area contributed by atoms with Crippen LogP contribution >= 0.6 is 24.0 Å². The molecule has 0 fully saturated rings. The fourth-order valence-corrected chi connectivity index (χ4v) is 2.26. The van der Waals surface area contributed by atoms with Crippen LogP contribution in [0.1, 0.15) is 52.4 Å². The summed E-state index contributed by atoms with van der Waals surface area (Å²) in [6.07, 6.45) is 11.3. The van der Waals surface area contributed by atoms with E-state index in [1.54, 1.807) is 0 Å². The van der Waals surface area contributed by atoms with Crippen molar-refractivity contribution in [2.75, 3.05) is 13.6 Å². The van der Waals surface area contributed by atoms with Gasteiger partial charge in [0.1, 0.15) is 0 Å². The van der Waals surface area contributed by atoms with Gasteiger partial charge < -0.3 is 10.6 Å². The first kappa shape index (κ1) is 21.2. The zero-order chi connectivity index (χ0) is 15.3. The third-order valence-electron chi connectivity index (χ3n) is 3.51. The Morgan fingerprint density at radius 2 is 2.09 bits per heavy atom. The monoisotopic (exact) mass is 421 g/mol. The minimum atomic E-state index is 0. The molecule has 0 amide bonds. The number of guanidine groups is 1. The van der Waals surface area contributed by atoms with Crippen molar-refractivity contribution in [2.24, 2.45) is 4.99 Å². The van der Waals surface area contributed by atoms with Gasteiger partial charge in [-0.05, 0) is 25.8 Å². The number of rotatable bonds is 10. The summed E-state index contributed by atoms with van der Waals surface area (Å²) < 4.78 is 1.95. The Morgan fingerprint density at radius 1 is 1.27 bits per heavy atom. The maximum Gasteiger partial charge on any atom is 0.191 e. The predicted molar refractivity (Wildman–Crippen MR) is 105 cm³/mol. The van der Waals surface area contributed by atoms with Gasteiger partial charge in [0, 0.05) is 38.6 Å². The molecule has 1 unspecified atom stereocenters. The maximum absolute atomic E-state index is 4.28. The van der Waals surface area contributed by atoms with Crippen molar-refractivity contribution in [2.45, 2.75) is 65.0 Å². The van der Waals surface area contributed by atoms with Gasteiger partial charge in [0.15, 0.2) is 5.96 Å². The summed E-state index contributed by atoms with van der Waals surface area (Å²) in [4.78, 5) is 4.28. The Bertz CT molecular complexity index is 378. The molecule has 0 aliphatic heterocycles. The van der Waals surface area contributed by atoms with Crippen LogP contribution < -0.4 is 10.6 Å². The molecule has 128 valence electrons. The van der Waals surface area contributed by atoms with Crippen molar-refractivity contribution in [1.82, 2.24) is 20.4 Å². The van der Waals surface area contributed by atoms with Gasteiger partial charge in [-0.2, -0.15) is 5.10 Å². The summed E-state index contributed by atoms with van der Waals surface area (Å²) >= 11 is 0. The number of hydrogen-bond donors (Lipinski definition) is 2. The first-order valence-electron chi connectivity index (χ1n) is 8.21. The molecule has 5 nitrogen and oxygen atoms in total. The summed E-state index contributed by atoms with van der Waals surface area (Å²) in [5.41, 5.74) is 0. The zero-order valence-corrected chi connectivity index (χ0v) is 16.5. The normalized spacial score (nSPS) is 12.6. The third kappa shape index (κ3) is 10.0. The summed E-state index contributed by atoms with van der Waals surface area (Å²) in [6.45, 7) is 6.31. The van der Waals surface area contributed by atoms with E-state index in [1.165, 1.54) is 32.1 Å². The lowest BCUT2D eigenvalue weighted by atomic mass is 10.1. The Labute approximate surface area is 152 Å². The van der Waals surface area contributed by atoms with Crippen molar-refractivity contribution in [3.63, 3.8) is 0 Å². The van der Waals surface area contributed by atoms with E-state index in [2.05, 4.69) is 34.6 Å². The van der Waals surface area contributed by atoms with Crippen LogP contribution in [-0.4, -0.2) is 35.4 Å². The molecule has 1 atom stereocenters. The zero-order valence-electron chi connectivity index (χ0n) is 14.2. The van der Waals surface area contributed by atoms with Gasteiger partial charge in [-0.15, -0.1) is 24.0 Å². The standard InChI is InChI=1S/C16H31N5.HI/c1-4-5-6-7-10-15(2)20-16(17-3)18-11-8-13-21-14-9-12-19-21;/h9,12,14-15H,4-8,10-11,13H2,1-3H3,(H2,17,18,20);1H. The molecule has 1 heterocycles. The molecule has 0 aromatic carbocycles. The van der Waals surface area contributed by atoms with E-state index < -0.39 is 0 Å². The van der Waals surface area contributed by atoms with Crippen LogP contribution in [0, 0.1) is 0 Å². The Hall–Kier alpha value is -0.790. The molecule has 6 heteroatoms. The van der Waals surface area contributed by atoms with Crippen LogP contribution in [0.5, 0.6) is 0 Å². The number of nitrogens with one attached hydrogen (secondary N) is 2. The van der Waals surface area contributed by atoms with E-state index in [0.29, 0.717) is 6.04 Å². The lowest BCUT2D eigenvalue weighted by Gasteiger charge is -2.17. The van der Waals surface area contributed by atoms with Gasteiger partial charge in [0.25, 0.3) is 0 Å². The SMILES string of the molecule is CCCCCCC(C)NC(=NC)NCCCn1cccn1.I. The van der Waals surface area contributed by atoms with E-state index in [1.807, 2.05) is 30.2 Å². The van der Waals surface area contributed by atoms with Crippen LogP contribution in [0.25, 0.3) is 0 Å². The molecule has 1 aromatic rings. The molecule has 0 saturated heterocycles. The highest BCUT2D eigenvalue weighted by molar-refractivity contribution is 14.0. The van der Waals surface area contributed by atoms with Gasteiger partial charge in [0.05, 0.1) is 0 Å². The van der Waals surface area contributed by atoms with E-state index in [-0.39, 0.29) is 24.0 Å². The number of nitrogens with zero attached hydrogens (tertiary/aromatic N) is 3. The Kier molecular flexibility index (Phi) is 13.3. The Morgan fingerprint density at radius 3 is 2.73 bits per heavy atom. The molecule has 0 radical (unpaired) electrons. The lowest BCUT2D eigenvalue weighted by molar-refractivity contribution is 0.531. The topological polar surface area (TPSA) is 54.2 Å². The van der Waals surface area contributed by atoms with Gasteiger partial charge >= 0.3 is 0 Å². The van der Waals surface area contributed by atoms with Gasteiger partial charge in [-0.3, -0.25) is 9.67 Å². The molecule has 0 aliphatic carbocycles. The van der Waals surface area contributed by atoms with Crippen molar-refractivity contribution in [3.05, 3.63) is 18.5 Å². The van der Waals surface area contributed by atoms with E-state index in [4.69, 9.17) is 0 Å². The van der Waals surface area contributed by atoms with Crippen LogP contribution in [0.4, 0.5) is 0 Å². The fourth-order valence-electron chi connectivity index (χ4n) is 2.26. The number of unbranched alkanes of at least 4 members (excludes halogenated alkanes) is 3. The minimum Gasteiger partial charge on any atom is -0.356 e. The highest BCUT2D eigenvalue weighted by Crippen LogP contribution is 2.05. The van der Waals surface area contributed by atoms with Crippen LogP contribution in [0.2, 0.25) is 0 Å². The quantitative estimate of drug-likeness (QED) is 0.264. The summed E-state index contributed by atoms with van der Waals surface area (Å²) in [7, 11) is 1.83. The van der Waals surface area contributed by atoms with Gasteiger partial charge in [-0.1, -0.05) is 32.6 Å². The lowest BCUT2D eigenvalue weighted by Crippen LogP contribution is -2.42. The summed E-state index contributed by atoms with van der Waals surface area (Å²) in [5.74, 6) is 0.901. The predicted octanol–water partition coefficient (Wildman–Crippen LogP) is 3.42. The second-order valence-corrected chi connectivity index (χ2v) is 5.52. The molecule has 0 spiro atoms. The fraction of sp³-hybridized carbons (Fsp3) is 0.750. The van der Waals surface area contributed by atoms with E-state index in [0.717, 1.165) is 25.5 Å². The first-order valence-corrected chi connectivity index (χ1v) is 8.21. The molecule has 1 rings (SSSR count).